The second-order valence-corrected chi connectivity index (χ2v) is 11.9. The third kappa shape index (κ3) is 10.1. The normalized spacial score (nSPS) is 14.9. The maximum absolute atomic E-state index is 14.2. The molecule has 0 heterocycles. The molecule has 2 atom stereocenters. The second-order valence-electron chi connectivity index (χ2n) is 10.9. The second kappa shape index (κ2) is 15.1. The van der Waals surface area contributed by atoms with Crippen LogP contribution in [-0.4, -0.2) is 71.6 Å². The van der Waals surface area contributed by atoms with Crippen LogP contribution in [-0.2, 0) is 23.9 Å². The molecule has 1 aliphatic rings. The van der Waals surface area contributed by atoms with Gasteiger partial charge in [-0.15, -0.1) is 0 Å². The fourth-order valence-corrected chi connectivity index (χ4v) is 4.94. The summed E-state index contributed by atoms with van der Waals surface area (Å²) < 4.78 is 10.4. The average molecular weight is 564 g/mol. The highest BCUT2D eigenvalue weighted by Crippen LogP contribution is 2.35. The largest absolute Gasteiger partial charge is 0.466 e. The monoisotopic (exact) mass is 563 g/mol. The number of benzene rings is 1. The number of esters is 1. The number of nitrogens with one attached hydrogen (secondary N) is 2. The van der Waals surface area contributed by atoms with Gasteiger partial charge in [0.15, 0.2) is 0 Å². The zero-order valence-electron chi connectivity index (χ0n) is 24.4. The molecule has 39 heavy (non-hydrogen) atoms. The standard InChI is InChI=1S/C29H45N3O6S/c1-8-37-24(33)14-16-30-26(34)25(22-13-12-19(2)18-20(22)3)32(21-10-9-11-21)27(35)23(15-17-39-7)31-28(36)38-29(4,5)6/h12-13,18,21,23,25H,8-11,14-17H2,1-7H3,(H,30,34)(H,31,36). The minimum Gasteiger partial charge on any atom is -0.466 e. The van der Waals surface area contributed by atoms with E-state index in [0.717, 1.165) is 36.0 Å². The van der Waals surface area contributed by atoms with Crippen molar-refractivity contribution in [2.45, 2.75) is 97.4 Å². The van der Waals surface area contributed by atoms with Crippen molar-refractivity contribution in [1.82, 2.24) is 15.5 Å². The molecule has 10 heteroatoms. The van der Waals surface area contributed by atoms with E-state index in [-0.39, 0.29) is 37.4 Å². The van der Waals surface area contributed by atoms with Crippen molar-refractivity contribution in [2.24, 2.45) is 0 Å². The Bertz CT molecular complexity index is 1010. The number of amides is 3. The van der Waals surface area contributed by atoms with Gasteiger partial charge in [0.1, 0.15) is 17.7 Å². The first kappa shape index (κ1) is 32.5. The molecular weight excluding hydrogens is 518 g/mol. The van der Waals surface area contributed by atoms with E-state index in [9.17, 15) is 19.2 Å². The fourth-order valence-electron chi connectivity index (χ4n) is 4.47. The summed E-state index contributed by atoms with van der Waals surface area (Å²) in [6.07, 6.45) is 4.19. The first-order valence-corrected chi connectivity index (χ1v) is 15.1. The maximum atomic E-state index is 14.2. The number of rotatable bonds is 13. The van der Waals surface area contributed by atoms with Crippen molar-refractivity contribution in [1.29, 1.82) is 0 Å². The summed E-state index contributed by atoms with van der Waals surface area (Å²) in [5, 5.41) is 5.63. The lowest BCUT2D eigenvalue weighted by molar-refractivity contribution is -0.148. The maximum Gasteiger partial charge on any atom is 0.408 e. The first-order chi connectivity index (χ1) is 18.4. The summed E-state index contributed by atoms with van der Waals surface area (Å²) in [7, 11) is 0. The van der Waals surface area contributed by atoms with Crippen LogP contribution in [0.4, 0.5) is 4.79 Å². The van der Waals surface area contributed by atoms with Gasteiger partial charge in [0.2, 0.25) is 11.8 Å². The van der Waals surface area contributed by atoms with Gasteiger partial charge in [-0.3, -0.25) is 14.4 Å². The van der Waals surface area contributed by atoms with E-state index < -0.39 is 29.7 Å². The van der Waals surface area contributed by atoms with Gasteiger partial charge >= 0.3 is 12.1 Å². The van der Waals surface area contributed by atoms with Gasteiger partial charge in [-0.1, -0.05) is 23.8 Å². The predicted molar refractivity (Wildman–Crippen MR) is 154 cm³/mol. The molecule has 2 N–H and O–H groups in total. The van der Waals surface area contributed by atoms with Gasteiger partial charge in [0, 0.05) is 12.6 Å². The predicted octanol–water partition coefficient (Wildman–Crippen LogP) is 4.44. The molecule has 0 bridgehead atoms. The van der Waals surface area contributed by atoms with Crippen LogP contribution in [0.25, 0.3) is 0 Å². The van der Waals surface area contributed by atoms with E-state index in [1.54, 1.807) is 44.4 Å². The number of nitrogens with zero attached hydrogens (tertiary/aromatic N) is 1. The molecule has 2 unspecified atom stereocenters. The molecule has 0 aromatic heterocycles. The molecule has 0 spiro atoms. The number of carbonyl (C=O) groups is 4. The third-order valence-electron chi connectivity index (χ3n) is 6.50. The summed E-state index contributed by atoms with van der Waals surface area (Å²) in [5.74, 6) is -0.436. The Morgan fingerprint density at radius 2 is 1.85 bits per heavy atom. The molecule has 2 rings (SSSR count). The number of ether oxygens (including phenoxy) is 2. The topological polar surface area (TPSA) is 114 Å². The van der Waals surface area contributed by atoms with Gasteiger partial charge in [-0.25, -0.2) is 4.79 Å². The lowest BCUT2D eigenvalue weighted by atomic mass is 9.87. The van der Waals surface area contributed by atoms with E-state index >= 15 is 0 Å². The number of thioether (sulfide) groups is 1. The molecule has 1 saturated carbocycles. The smallest absolute Gasteiger partial charge is 0.408 e. The Hall–Kier alpha value is -2.75. The summed E-state index contributed by atoms with van der Waals surface area (Å²) in [6.45, 7) is 11.3. The molecular formula is C29H45N3O6S. The lowest BCUT2D eigenvalue weighted by Crippen LogP contribution is -2.57. The van der Waals surface area contributed by atoms with Crippen LogP contribution >= 0.6 is 11.8 Å². The van der Waals surface area contributed by atoms with Crippen LogP contribution in [0.15, 0.2) is 18.2 Å². The SMILES string of the molecule is CCOC(=O)CCNC(=O)C(c1ccc(C)cc1C)N(C(=O)C(CCSC)NC(=O)OC(C)(C)C)C1CCC1. The van der Waals surface area contributed by atoms with Crippen LogP contribution in [0.2, 0.25) is 0 Å². The molecule has 0 saturated heterocycles. The van der Waals surface area contributed by atoms with Crippen molar-refractivity contribution >= 4 is 35.6 Å². The Kier molecular flexibility index (Phi) is 12.6. The fraction of sp³-hybridized carbons (Fsp3) is 0.655. The zero-order valence-corrected chi connectivity index (χ0v) is 25.2. The van der Waals surface area contributed by atoms with E-state index in [1.165, 1.54) is 0 Å². The van der Waals surface area contributed by atoms with Crippen LogP contribution in [0, 0.1) is 13.8 Å². The molecule has 1 fully saturated rings. The van der Waals surface area contributed by atoms with Crippen molar-refractivity contribution in [2.75, 3.05) is 25.2 Å². The van der Waals surface area contributed by atoms with Crippen molar-refractivity contribution < 1.29 is 28.7 Å². The van der Waals surface area contributed by atoms with Crippen LogP contribution < -0.4 is 10.6 Å². The van der Waals surface area contributed by atoms with Gasteiger partial charge < -0.3 is 25.0 Å². The molecule has 3 amide bonds. The molecule has 0 aliphatic heterocycles. The minimum absolute atomic E-state index is 0.0348. The van der Waals surface area contributed by atoms with Gasteiger partial charge in [-0.05, 0) is 90.4 Å². The van der Waals surface area contributed by atoms with E-state index in [4.69, 9.17) is 9.47 Å². The quantitative estimate of drug-likeness (QED) is 0.341. The lowest BCUT2D eigenvalue weighted by Gasteiger charge is -2.44. The van der Waals surface area contributed by atoms with Crippen molar-refractivity contribution in [3.8, 4) is 0 Å². The Morgan fingerprint density at radius 3 is 2.38 bits per heavy atom. The Balaban J connectivity index is 2.45. The number of alkyl carbamates (subject to hydrolysis) is 1. The summed E-state index contributed by atoms with van der Waals surface area (Å²) in [6, 6.07) is 3.89. The van der Waals surface area contributed by atoms with Gasteiger partial charge in [0.25, 0.3) is 0 Å². The summed E-state index contributed by atoms with van der Waals surface area (Å²) in [5.41, 5.74) is 1.93. The first-order valence-electron chi connectivity index (χ1n) is 13.7. The van der Waals surface area contributed by atoms with Gasteiger partial charge in [0.05, 0.1) is 13.0 Å². The molecule has 9 nitrogen and oxygen atoms in total. The summed E-state index contributed by atoms with van der Waals surface area (Å²) >= 11 is 1.57. The summed E-state index contributed by atoms with van der Waals surface area (Å²) in [4.78, 5) is 54.2. The highest BCUT2D eigenvalue weighted by atomic mass is 32.2. The van der Waals surface area contributed by atoms with E-state index in [1.807, 2.05) is 38.3 Å². The molecule has 218 valence electrons. The molecule has 1 aliphatic carbocycles. The van der Waals surface area contributed by atoms with Crippen molar-refractivity contribution in [3.05, 3.63) is 34.9 Å². The third-order valence-corrected chi connectivity index (χ3v) is 7.15. The highest BCUT2D eigenvalue weighted by molar-refractivity contribution is 7.98. The van der Waals surface area contributed by atoms with Crippen LogP contribution in [0.1, 0.15) is 82.5 Å². The highest BCUT2D eigenvalue weighted by Gasteiger charge is 2.42. The molecule has 1 aromatic carbocycles. The number of hydrogen-bond donors (Lipinski definition) is 2. The van der Waals surface area contributed by atoms with E-state index in [2.05, 4.69) is 10.6 Å². The van der Waals surface area contributed by atoms with Crippen molar-refractivity contribution in [3.63, 3.8) is 0 Å². The van der Waals surface area contributed by atoms with Gasteiger partial charge in [-0.2, -0.15) is 11.8 Å². The van der Waals surface area contributed by atoms with E-state index in [0.29, 0.717) is 12.2 Å². The Morgan fingerprint density at radius 1 is 1.15 bits per heavy atom. The number of aryl methyl sites for hydroxylation is 2. The number of hydrogen-bond acceptors (Lipinski definition) is 7. The Labute approximate surface area is 237 Å². The van der Waals surface area contributed by atoms with Crippen LogP contribution in [0.5, 0.6) is 0 Å². The zero-order chi connectivity index (χ0) is 29.2. The molecule has 0 radical (unpaired) electrons. The van der Waals surface area contributed by atoms with Crippen LogP contribution in [0.3, 0.4) is 0 Å². The number of carbonyl (C=O) groups excluding carboxylic acids is 4. The minimum atomic E-state index is -0.914. The average Bonchev–Trinajstić information content (AvgIpc) is 2.80. The molecule has 1 aromatic rings.